The summed E-state index contributed by atoms with van der Waals surface area (Å²) < 4.78 is 12.4. The fourth-order valence-corrected chi connectivity index (χ4v) is 5.50. The van der Waals surface area contributed by atoms with Crippen LogP contribution in [0.4, 0.5) is 0 Å². The van der Waals surface area contributed by atoms with Gasteiger partial charge in [-0.25, -0.2) is 0 Å². The fourth-order valence-electron chi connectivity index (χ4n) is 4.94. The summed E-state index contributed by atoms with van der Waals surface area (Å²) >= 11 is 3.79. The smallest absolute Gasteiger partial charge is 0.188 e. The van der Waals surface area contributed by atoms with E-state index in [1.165, 1.54) is 32.7 Å². The van der Waals surface area contributed by atoms with Gasteiger partial charge in [-0.05, 0) is 71.5 Å². The van der Waals surface area contributed by atoms with Gasteiger partial charge in [0.1, 0.15) is 5.75 Å². The van der Waals surface area contributed by atoms with Gasteiger partial charge in [0.2, 0.25) is 0 Å². The highest BCUT2D eigenvalue weighted by atomic mass is 79.9. The van der Waals surface area contributed by atoms with Crippen LogP contribution in [0.15, 0.2) is 114 Å². The average Bonchev–Trinajstić information content (AvgIpc) is 2.91. The Morgan fingerprint density at radius 1 is 0.600 bits per heavy atom. The van der Waals surface area contributed by atoms with Gasteiger partial charge in [0.15, 0.2) is 6.79 Å². The molecule has 0 aliphatic rings. The van der Waals surface area contributed by atoms with Crippen molar-refractivity contribution in [3.8, 4) is 28.0 Å². The summed E-state index contributed by atoms with van der Waals surface area (Å²) in [7, 11) is 1.65. The first-order valence-electron chi connectivity index (χ1n) is 11.6. The molecule has 0 saturated carbocycles. The number of hydrogen-bond donors (Lipinski definition) is 0. The van der Waals surface area contributed by atoms with Gasteiger partial charge in [-0.2, -0.15) is 0 Å². The fraction of sp³-hybridized carbons (Fsp3) is 0.0625. The topological polar surface area (TPSA) is 18.5 Å². The summed E-state index contributed by atoms with van der Waals surface area (Å²) in [6, 6.07) is 38.8. The van der Waals surface area contributed by atoms with Gasteiger partial charge in [-0.3, -0.25) is 0 Å². The summed E-state index contributed by atoms with van der Waals surface area (Å²) in [5.41, 5.74) is 4.56. The summed E-state index contributed by atoms with van der Waals surface area (Å²) in [6.45, 7) is 0.167. The van der Waals surface area contributed by atoms with E-state index in [0.29, 0.717) is 0 Å². The van der Waals surface area contributed by atoms with Crippen LogP contribution in [0.5, 0.6) is 5.75 Å². The van der Waals surface area contributed by atoms with Crippen LogP contribution in [-0.2, 0) is 4.74 Å². The van der Waals surface area contributed by atoms with Gasteiger partial charge >= 0.3 is 0 Å². The standard InChI is InChI=1S/C32H23BrO2/c1-34-20-35-32-29(33)19-24-11-5-7-13-27(24)31(32)30-26-12-6-4-9-22(26)16-17-28(30)25-15-14-21-8-2-3-10-23(21)18-25/h2-19H,20H2,1H3. The highest BCUT2D eigenvalue weighted by Gasteiger charge is 2.21. The monoisotopic (exact) mass is 518 g/mol. The molecule has 170 valence electrons. The van der Waals surface area contributed by atoms with E-state index in [1.54, 1.807) is 7.11 Å². The second-order valence-corrected chi connectivity index (χ2v) is 9.46. The third kappa shape index (κ3) is 3.87. The molecular formula is C32H23BrO2. The van der Waals surface area contributed by atoms with E-state index in [-0.39, 0.29) is 6.79 Å². The molecule has 2 nitrogen and oxygen atoms in total. The normalized spacial score (nSPS) is 11.4. The molecule has 0 atom stereocenters. The highest BCUT2D eigenvalue weighted by molar-refractivity contribution is 9.10. The van der Waals surface area contributed by atoms with Crippen LogP contribution in [0.3, 0.4) is 0 Å². The molecule has 0 bridgehead atoms. The number of methoxy groups -OCH3 is 1. The molecule has 0 heterocycles. The van der Waals surface area contributed by atoms with Crippen LogP contribution in [0.25, 0.3) is 54.6 Å². The van der Waals surface area contributed by atoms with Gasteiger partial charge in [-0.15, -0.1) is 0 Å². The van der Waals surface area contributed by atoms with E-state index in [4.69, 9.17) is 9.47 Å². The quantitative estimate of drug-likeness (QED) is 0.211. The van der Waals surface area contributed by atoms with Crippen LogP contribution < -0.4 is 4.74 Å². The van der Waals surface area contributed by atoms with Crippen molar-refractivity contribution in [1.29, 1.82) is 0 Å². The van der Waals surface area contributed by atoms with Gasteiger partial charge in [0.05, 0.1) is 4.47 Å². The molecule has 0 spiro atoms. The number of benzene rings is 6. The first-order valence-corrected chi connectivity index (χ1v) is 12.4. The van der Waals surface area contributed by atoms with Gasteiger partial charge in [0, 0.05) is 18.2 Å². The average molecular weight is 519 g/mol. The van der Waals surface area contributed by atoms with Crippen LogP contribution in [0.2, 0.25) is 0 Å². The number of hydrogen-bond acceptors (Lipinski definition) is 2. The number of fused-ring (bicyclic) bond motifs is 3. The van der Waals surface area contributed by atoms with Crippen molar-refractivity contribution < 1.29 is 9.47 Å². The molecule has 6 aromatic carbocycles. The van der Waals surface area contributed by atoms with E-state index in [0.717, 1.165) is 32.1 Å². The third-order valence-electron chi connectivity index (χ3n) is 6.52. The number of halogens is 1. The Morgan fingerprint density at radius 2 is 1.23 bits per heavy atom. The summed E-state index contributed by atoms with van der Waals surface area (Å²) in [5.74, 6) is 0.781. The zero-order valence-corrected chi connectivity index (χ0v) is 20.9. The lowest BCUT2D eigenvalue weighted by Crippen LogP contribution is -2.02. The first-order chi connectivity index (χ1) is 17.2. The molecule has 0 radical (unpaired) electrons. The lowest BCUT2D eigenvalue weighted by Gasteiger charge is -2.21. The van der Waals surface area contributed by atoms with E-state index in [1.807, 2.05) is 0 Å². The molecule has 0 saturated heterocycles. The van der Waals surface area contributed by atoms with Crippen molar-refractivity contribution >= 4 is 48.2 Å². The van der Waals surface area contributed by atoms with Crippen LogP contribution in [-0.4, -0.2) is 13.9 Å². The molecule has 0 aliphatic carbocycles. The Balaban J connectivity index is 1.75. The lowest BCUT2D eigenvalue weighted by atomic mass is 9.86. The Kier molecular flexibility index (Phi) is 5.73. The zero-order valence-electron chi connectivity index (χ0n) is 19.3. The minimum absolute atomic E-state index is 0.167. The molecule has 35 heavy (non-hydrogen) atoms. The summed E-state index contributed by atoms with van der Waals surface area (Å²) in [4.78, 5) is 0. The predicted octanol–water partition coefficient (Wildman–Crippen LogP) is 9.23. The summed E-state index contributed by atoms with van der Waals surface area (Å²) in [5, 5.41) is 7.11. The van der Waals surface area contributed by atoms with Crippen molar-refractivity contribution in [2.75, 3.05) is 13.9 Å². The van der Waals surface area contributed by atoms with Crippen molar-refractivity contribution in [2.45, 2.75) is 0 Å². The van der Waals surface area contributed by atoms with Crippen molar-refractivity contribution in [3.63, 3.8) is 0 Å². The summed E-state index contributed by atoms with van der Waals surface area (Å²) in [6.07, 6.45) is 0. The van der Waals surface area contributed by atoms with E-state index in [2.05, 4.69) is 125 Å². The minimum atomic E-state index is 0.167. The second-order valence-electron chi connectivity index (χ2n) is 8.61. The molecule has 0 fully saturated rings. The van der Waals surface area contributed by atoms with Crippen molar-refractivity contribution in [2.24, 2.45) is 0 Å². The molecule has 0 amide bonds. The maximum absolute atomic E-state index is 6.22. The maximum atomic E-state index is 6.22. The number of ether oxygens (including phenoxy) is 2. The van der Waals surface area contributed by atoms with Crippen LogP contribution in [0, 0.1) is 0 Å². The van der Waals surface area contributed by atoms with E-state index in [9.17, 15) is 0 Å². The highest BCUT2D eigenvalue weighted by Crippen LogP contribution is 2.48. The van der Waals surface area contributed by atoms with Crippen molar-refractivity contribution in [1.82, 2.24) is 0 Å². The van der Waals surface area contributed by atoms with Gasteiger partial charge < -0.3 is 9.47 Å². The maximum Gasteiger partial charge on any atom is 0.188 e. The molecule has 6 aromatic rings. The van der Waals surface area contributed by atoms with Gasteiger partial charge in [-0.1, -0.05) is 97.1 Å². The SMILES string of the molecule is COCOc1c(Br)cc2ccccc2c1-c1c(-c2ccc3ccccc3c2)ccc2ccccc12. The van der Waals surface area contributed by atoms with E-state index < -0.39 is 0 Å². The minimum Gasteiger partial charge on any atom is -0.466 e. The Labute approximate surface area is 212 Å². The Morgan fingerprint density at radius 3 is 2.00 bits per heavy atom. The van der Waals surface area contributed by atoms with Gasteiger partial charge in [0.25, 0.3) is 0 Å². The van der Waals surface area contributed by atoms with E-state index >= 15 is 0 Å². The lowest BCUT2D eigenvalue weighted by molar-refractivity contribution is 0.0511. The molecule has 6 rings (SSSR count). The van der Waals surface area contributed by atoms with Crippen LogP contribution in [0.1, 0.15) is 0 Å². The molecule has 0 N–H and O–H groups in total. The van der Waals surface area contributed by atoms with Crippen LogP contribution >= 0.6 is 15.9 Å². The Bertz CT molecular complexity index is 1700. The molecule has 0 aliphatic heterocycles. The molecular weight excluding hydrogens is 496 g/mol. The third-order valence-corrected chi connectivity index (χ3v) is 7.11. The molecule has 0 aromatic heterocycles. The second kappa shape index (κ2) is 9.18. The zero-order chi connectivity index (χ0) is 23.8. The van der Waals surface area contributed by atoms with Crippen molar-refractivity contribution in [3.05, 3.63) is 114 Å². The predicted molar refractivity (Wildman–Crippen MR) is 150 cm³/mol. The number of rotatable bonds is 5. The first kappa shape index (κ1) is 21.8. The molecule has 0 unspecified atom stereocenters. The largest absolute Gasteiger partial charge is 0.466 e. The Hall–Kier alpha value is -3.66. The molecule has 3 heteroatoms.